The Morgan fingerprint density at radius 2 is 1.80 bits per heavy atom. The van der Waals surface area contributed by atoms with Gasteiger partial charge in [0.25, 0.3) is 0 Å². The van der Waals surface area contributed by atoms with E-state index in [1.165, 1.54) is 7.11 Å². The fourth-order valence-electron chi connectivity index (χ4n) is 1.42. The third-order valence-electron chi connectivity index (χ3n) is 2.18. The summed E-state index contributed by atoms with van der Waals surface area (Å²) in [4.78, 5) is 0. The molecule has 4 heteroatoms. The molecule has 0 bridgehead atoms. The Morgan fingerprint density at radius 3 is 2.47 bits per heavy atom. The number of methoxy groups -OCH3 is 1. The van der Waals surface area contributed by atoms with Crippen LogP contribution in [0.1, 0.15) is 0 Å². The summed E-state index contributed by atoms with van der Waals surface area (Å²) in [6, 6.07) is 5.69. The van der Waals surface area contributed by atoms with Crippen molar-refractivity contribution in [1.29, 1.82) is 0 Å². The molecular formula is C11H7BrF2O. The first kappa shape index (κ1) is 10.4. The monoisotopic (exact) mass is 272 g/mol. The van der Waals surface area contributed by atoms with Gasteiger partial charge in [-0.25, -0.2) is 8.78 Å². The number of fused-ring (bicyclic) bond motifs is 1. The van der Waals surface area contributed by atoms with Gasteiger partial charge >= 0.3 is 0 Å². The second-order valence-corrected chi connectivity index (χ2v) is 3.86. The van der Waals surface area contributed by atoms with Crippen molar-refractivity contribution in [2.75, 3.05) is 7.11 Å². The number of rotatable bonds is 1. The molecule has 0 fully saturated rings. The topological polar surface area (TPSA) is 9.23 Å². The van der Waals surface area contributed by atoms with E-state index < -0.39 is 11.6 Å². The van der Waals surface area contributed by atoms with Crippen molar-refractivity contribution in [3.05, 3.63) is 40.4 Å². The van der Waals surface area contributed by atoms with E-state index in [0.29, 0.717) is 21.0 Å². The lowest BCUT2D eigenvalue weighted by Crippen LogP contribution is -1.88. The lowest BCUT2D eigenvalue weighted by molar-refractivity contribution is 0.413. The molecule has 0 saturated heterocycles. The second kappa shape index (κ2) is 3.77. The predicted molar refractivity (Wildman–Crippen MR) is 58.1 cm³/mol. The van der Waals surface area contributed by atoms with Gasteiger partial charge in [-0.2, -0.15) is 0 Å². The summed E-state index contributed by atoms with van der Waals surface area (Å²) in [5, 5.41) is 1.22. The zero-order chi connectivity index (χ0) is 11.0. The maximum absolute atomic E-state index is 13.0. The number of hydrogen-bond acceptors (Lipinski definition) is 1. The van der Waals surface area contributed by atoms with Crippen molar-refractivity contribution in [2.45, 2.75) is 0 Å². The van der Waals surface area contributed by atoms with E-state index in [9.17, 15) is 8.78 Å². The zero-order valence-corrected chi connectivity index (χ0v) is 9.44. The molecule has 15 heavy (non-hydrogen) atoms. The van der Waals surface area contributed by atoms with E-state index in [2.05, 4.69) is 15.9 Å². The van der Waals surface area contributed by atoms with Gasteiger partial charge in [-0.15, -0.1) is 0 Å². The molecule has 0 unspecified atom stereocenters. The minimum atomic E-state index is -0.864. The van der Waals surface area contributed by atoms with E-state index in [1.54, 1.807) is 12.1 Å². The summed E-state index contributed by atoms with van der Waals surface area (Å²) in [6.07, 6.45) is 0. The number of benzene rings is 2. The molecule has 0 saturated carbocycles. The van der Waals surface area contributed by atoms with Crippen LogP contribution in [0, 0.1) is 11.6 Å². The van der Waals surface area contributed by atoms with Crippen LogP contribution in [-0.2, 0) is 0 Å². The Hall–Kier alpha value is -1.16. The largest absolute Gasteiger partial charge is 0.496 e. The van der Waals surface area contributed by atoms with Crippen LogP contribution in [0.15, 0.2) is 28.7 Å². The zero-order valence-electron chi connectivity index (χ0n) is 7.85. The highest BCUT2D eigenvalue weighted by atomic mass is 79.9. The highest BCUT2D eigenvalue weighted by Gasteiger charge is 2.09. The summed E-state index contributed by atoms with van der Waals surface area (Å²) in [6.45, 7) is 0. The summed E-state index contributed by atoms with van der Waals surface area (Å²) in [7, 11) is 1.52. The first-order valence-corrected chi connectivity index (χ1v) is 5.04. The molecule has 0 radical (unpaired) electrons. The van der Waals surface area contributed by atoms with Gasteiger partial charge in [-0.1, -0.05) is 6.07 Å². The van der Waals surface area contributed by atoms with Crippen LogP contribution >= 0.6 is 15.9 Å². The van der Waals surface area contributed by atoms with E-state index in [4.69, 9.17) is 4.74 Å². The fraction of sp³-hybridized carbons (Fsp3) is 0.0909. The molecule has 1 nitrogen and oxygen atoms in total. The van der Waals surface area contributed by atoms with Crippen LogP contribution in [0.2, 0.25) is 0 Å². The number of ether oxygens (including phenoxy) is 1. The molecule has 2 aromatic carbocycles. The van der Waals surface area contributed by atoms with E-state index >= 15 is 0 Å². The van der Waals surface area contributed by atoms with Gasteiger partial charge in [-0.3, -0.25) is 0 Å². The van der Waals surface area contributed by atoms with E-state index in [-0.39, 0.29) is 0 Å². The maximum atomic E-state index is 13.0. The molecular weight excluding hydrogens is 266 g/mol. The van der Waals surface area contributed by atoms with Gasteiger partial charge in [0.2, 0.25) is 0 Å². The summed E-state index contributed by atoms with van der Waals surface area (Å²) in [5.74, 6) is -1.12. The Bertz CT molecular complexity index is 525. The van der Waals surface area contributed by atoms with Crippen molar-refractivity contribution in [2.24, 2.45) is 0 Å². The minimum absolute atomic E-state index is 0.591. The summed E-state index contributed by atoms with van der Waals surface area (Å²) >= 11 is 3.29. The number of halogens is 3. The standard InChI is InChI=1S/C11H7BrF2O/c1-15-10-3-2-6-4-8(13)9(14)5-7(6)11(10)12/h2-5H,1H3. The summed E-state index contributed by atoms with van der Waals surface area (Å²) in [5.41, 5.74) is 0. The smallest absolute Gasteiger partial charge is 0.159 e. The van der Waals surface area contributed by atoms with Gasteiger partial charge in [-0.05, 0) is 39.5 Å². The molecule has 78 valence electrons. The predicted octanol–water partition coefficient (Wildman–Crippen LogP) is 3.89. The van der Waals surface area contributed by atoms with Crippen LogP contribution in [0.3, 0.4) is 0 Å². The average Bonchev–Trinajstić information content (AvgIpc) is 2.22. The van der Waals surface area contributed by atoms with Crippen molar-refractivity contribution >= 4 is 26.7 Å². The van der Waals surface area contributed by atoms with E-state index in [0.717, 1.165) is 12.1 Å². The van der Waals surface area contributed by atoms with Crippen LogP contribution in [-0.4, -0.2) is 7.11 Å². The summed E-state index contributed by atoms with van der Waals surface area (Å²) < 4.78 is 31.7. The van der Waals surface area contributed by atoms with Gasteiger partial charge in [0.15, 0.2) is 11.6 Å². The van der Waals surface area contributed by atoms with Crippen molar-refractivity contribution < 1.29 is 13.5 Å². The second-order valence-electron chi connectivity index (χ2n) is 3.07. The van der Waals surface area contributed by atoms with Gasteiger partial charge in [0.05, 0.1) is 11.6 Å². The first-order valence-electron chi connectivity index (χ1n) is 4.24. The van der Waals surface area contributed by atoms with Crippen molar-refractivity contribution in [3.63, 3.8) is 0 Å². The average molecular weight is 273 g/mol. The molecule has 0 spiro atoms. The SMILES string of the molecule is COc1ccc2cc(F)c(F)cc2c1Br. The lowest BCUT2D eigenvalue weighted by Gasteiger charge is -2.07. The Balaban J connectivity index is 2.81. The highest BCUT2D eigenvalue weighted by Crippen LogP contribution is 2.33. The molecule has 0 aliphatic rings. The van der Waals surface area contributed by atoms with Crippen LogP contribution in [0.25, 0.3) is 10.8 Å². The minimum Gasteiger partial charge on any atom is -0.496 e. The molecule has 0 aromatic heterocycles. The molecule has 0 N–H and O–H groups in total. The van der Waals surface area contributed by atoms with Crippen molar-refractivity contribution in [3.8, 4) is 5.75 Å². The Labute approximate surface area is 93.8 Å². The fourth-order valence-corrected chi connectivity index (χ4v) is 2.06. The third-order valence-corrected chi connectivity index (χ3v) is 3.00. The molecule has 0 heterocycles. The molecule has 2 rings (SSSR count). The Morgan fingerprint density at radius 1 is 1.13 bits per heavy atom. The van der Waals surface area contributed by atoms with Gasteiger partial charge in [0, 0.05) is 5.39 Å². The van der Waals surface area contributed by atoms with Crippen LogP contribution < -0.4 is 4.74 Å². The highest BCUT2D eigenvalue weighted by molar-refractivity contribution is 9.10. The maximum Gasteiger partial charge on any atom is 0.159 e. The van der Waals surface area contributed by atoms with Crippen LogP contribution in [0.5, 0.6) is 5.75 Å². The first-order chi connectivity index (χ1) is 7.13. The Kier molecular flexibility index (Phi) is 2.61. The van der Waals surface area contributed by atoms with Gasteiger partial charge in [0.1, 0.15) is 5.75 Å². The van der Waals surface area contributed by atoms with Gasteiger partial charge < -0.3 is 4.74 Å². The van der Waals surface area contributed by atoms with Crippen LogP contribution in [0.4, 0.5) is 8.78 Å². The molecule has 0 amide bonds. The molecule has 0 aliphatic heterocycles. The molecule has 0 atom stereocenters. The number of hydrogen-bond donors (Lipinski definition) is 0. The molecule has 2 aromatic rings. The molecule has 0 aliphatic carbocycles. The van der Waals surface area contributed by atoms with Crippen molar-refractivity contribution in [1.82, 2.24) is 0 Å². The quantitative estimate of drug-likeness (QED) is 0.765. The van der Waals surface area contributed by atoms with E-state index in [1.807, 2.05) is 0 Å². The third kappa shape index (κ3) is 1.69. The normalized spacial score (nSPS) is 10.7. The lowest BCUT2D eigenvalue weighted by atomic mass is 10.1.